The lowest BCUT2D eigenvalue weighted by Gasteiger charge is -2.38. The molecule has 0 bridgehead atoms. The number of hydrogen-bond acceptors (Lipinski definition) is 3. The van der Waals surface area contributed by atoms with E-state index >= 15 is 0 Å². The fraction of sp³-hybridized carbons (Fsp3) is 0.643. The number of sulfonamides is 1. The summed E-state index contributed by atoms with van der Waals surface area (Å²) in [5, 5.41) is -0.442. The van der Waals surface area contributed by atoms with Crippen LogP contribution in [0.15, 0.2) is 23.4 Å². The van der Waals surface area contributed by atoms with Gasteiger partial charge in [0, 0.05) is 19.3 Å². The van der Waals surface area contributed by atoms with Crippen LogP contribution in [-0.4, -0.2) is 30.8 Å². The molecule has 1 aromatic rings. The highest BCUT2D eigenvalue weighted by Gasteiger charge is 2.40. The number of piperidine rings is 1. The van der Waals surface area contributed by atoms with Crippen LogP contribution in [0.2, 0.25) is 0 Å². The van der Waals surface area contributed by atoms with Crippen molar-refractivity contribution in [3.05, 3.63) is 24.1 Å². The van der Waals surface area contributed by atoms with Gasteiger partial charge in [-0.1, -0.05) is 12.8 Å². The molecule has 3 rings (SSSR count). The second-order valence-corrected chi connectivity index (χ2v) is 7.75. The number of pyridine rings is 1. The van der Waals surface area contributed by atoms with Crippen molar-refractivity contribution in [3.63, 3.8) is 0 Å². The van der Waals surface area contributed by atoms with Gasteiger partial charge in [-0.15, -0.1) is 0 Å². The molecule has 2 aliphatic rings. The fourth-order valence-corrected chi connectivity index (χ4v) is 4.93. The molecule has 2 heterocycles. The molecule has 1 aromatic heterocycles. The quantitative estimate of drug-likeness (QED) is 0.843. The zero-order valence-corrected chi connectivity index (χ0v) is 12.2. The Hall–Kier alpha value is -1.01. The second-order valence-electron chi connectivity index (χ2n) is 5.90. The van der Waals surface area contributed by atoms with Crippen molar-refractivity contribution in [1.82, 2.24) is 9.29 Å². The van der Waals surface area contributed by atoms with Crippen molar-refractivity contribution >= 4 is 10.0 Å². The van der Waals surface area contributed by atoms with Gasteiger partial charge in [-0.2, -0.15) is 4.31 Å². The average Bonchev–Trinajstić information content (AvgIpc) is 2.88. The molecule has 0 N–H and O–H groups in total. The van der Waals surface area contributed by atoms with Crippen LogP contribution in [0.3, 0.4) is 0 Å². The molecule has 1 aliphatic carbocycles. The van der Waals surface area contributed by atoms with Gasteiger partial charge in [0.05, 0.1) is 0 Å². The van der Waals surface area contributed by atoms with Crippen molar-refractivity contribution in [2.24, 2.45) is 5.41 Å². The monoisotopic (exact) mass is 298 g/mol. The van der Waals surface area contributed by atoms with Crippen LogP contribution >= 0.6 is 0 Å². The molecule has 1 saturated carbocycles. The Kier molecular flexibility index (Phi) is 3.54. The van der Waals surface area contributed by atoms with Gasteiger partial charge in [-0.05, 0) is 43.2 Å². The molecule has 0 radical (unpaired) electrons. The van der Waals surface area contributed by atoms with Crippen molar-refractivity contribution in [2.75, 3.05) is 13.1 Å². The van der Waals surface area contributed by atoms with E-state index in [2.05, 4.69) is 4.98 Å². The minimum Gasteiger partial charge on any atom is -0.241 e. The molecule has 1 spiro atoms. The second kappa shape index (κ2) is 5.07. The fourth-order valence-electron chi connectivity index (χ4n) is 3.51. The summed E-state index contributed by atoms with van der Waals surface area (Å²) in [6.07, 6.45) is 8.01. The highest BCUT2D eigenvalue weighted by atomic mass is 32.2. The van der Waals surface area contributed by atoms with Gasteiger partial charge in [0.1, 0.15) is 0 Å². The minimum atomic E-state index is -3.79. The molecule has 2 fully saturated rings. The first kappa shape index (κ1) is 13.9. The molecular formula is C14H19FN2O2S. The summed E-state index contributed by atoms with van der Waals surface area (Å²) in [5.41, 5.74) is 0.342. The smallest absolute Gasteiger partial charge is 0.241 e. The van der Waals surface area contributed by atoms with Crippen molar-refractivity contribution < 1.29 is 12.8 Å². The maximum absolute atomic E-state index is 13.7. The molecule has 0 aromatic carbocycles. The molecule has 1 aliphatic heterocycles. The molecule has 0 atom stereocenters. The Labute approximate surface area is 119 Å². The van der Waals surface area contributed by atoms with Crippen LogP contribution in [0.5, 0.6) is 0 Å². The molecule has 110 valence electrons. The van der Waals surface area contributed by atoms with Gasteiger partial charge in [0.2, 0.25) is 5.03 Å². The summed E-state index contributed by atoms with van der Waals surface area (Å²) in [6.45, 7) is 0.969. The molecule has 1 saturated heterocycles. The Morgan fingerprint density at radius 1 is 1.15 bits per heavy atom. The SMILES string of the molecule is O=S(=O)(c1ncccc1F)N1CCC2(CCCC2)CC1. The molecule has 4 nitrogen and oxygen atoms in total. The molecule has 20 heavy (non-hydrogen) atoms. The van der Waals surface area contributed by atoms with Crippen molar-refractivity contribution in [2.45, 2.75) is 43.6 Å². The lowest BCUT2D eigenvalue weighted by molar-refractivity contribution is 0.160. The van der Waals surface area contributed by atoms with E-state index in [-0.39, 0.29) is 0 Å². The van der Waals surface area contributed by atoms with Gasteiger partial charge in [-0.3, -0.25) is 0 Å². The third kappa shape index (κ3) is 2.35. The predicted molar refractivity (Wildman–Crippen MR) is 73.1 cm³/mol. The van der Waals surface area contributed by atoms with Crippen LogP contribution in [-0.2, 0) is 10.0 Å². The highest BCUT2D eigenvalue weighted by Crippen LogP contribution is 2.46. The molecular weight excluding hydrogens is 279 g/mol. The van der Waals surface area contributed by atoms with Gasteiger partial charge in [0.15, 0.2) is 5.82 Å². The first-order valence-electron chi connectivity index (χ1n) is 7.14. The molecule has 0 amide bonds. The van der Waals surface area contributed by atoms with E-state index in [1.165, 1.54) is 42.3 Å². The standard InChI is InChI=1S/C14H19FN2O2S/c15-12-4-3-9-16-13(12)20(18,19)17-10-7-14(8-11-17)5-1-2-6-14/h3-4,9H,1-2,5-8,10-11H2. The largest absolute Gasteiger partial charge is 0.263 e. The third-order valence-corrected chi connectivity index (χ3v) is 6.59. The number of nitrogens with zero attached hydrogens (tertiary/aromatic N) is 2. The summed E-state index contributed by atoms with van der Waals surface area (Å²) >= 11 is 0. The topological polar surface area (TPSA) is 50.3 Å². The van der Waals surface area contributed by atoms with Gasteiger partial charge < -0.3 is 0 Å². The normalized spacial score (nSPS) is 23.2. The summed E-state index contributed by atoms with van der Waals surface area (Å²) in [7, 11) is -3.79. The number of rotatable bonds is 2. The van der Waals surface area contributed by atoms with Gasteiger partial charge >= 0.3 is 0 Å². The summed E-state index contributed by atoms with van der Waals surface area (Å²) in [5.74, 6) is -0.770. The first-order chi connectivity index (χ1) is 9.54. The van der Waals surface area contributed by atoms with Crippen LogP contribution in [0.4, 0.5) is 4.39 Å². The Morgan fingerprint density at radius 2 is 1.80 bits per heavy atom. The maximum Gasteiger partial charge on any atom is 0.263 e. The number of halogens is 1. The van der Waals surface area contributed by atoms with E-state index in [1.54, 1.807) is 0 Å². The number of aromatic nitrogens is 1. The van der Waals surface area contributed by atoms with Crippen LogP contribution < -0.4 is 0 Å². The summed E-state index contributed by atoms with van der Waals surface area (Å²) < 4.78 is 39.9. The van der Waals surface area contributed by atoms with E-state index < -0.39 is 20.9 Å². The van der Waals surface area contributed by atoms with Gasteiger partial charge in [-0.25, -0.2) is 17.8 Å². The van der Waals surface area contributed by atoms with E-state index in [0.29, 0.717) is 18.5 Å². The van der Waals surface area contributed by atoms with E-state index in [9.17, 15) is 12.8 Å². The summed E-state index contributed by atoms with van der Waals surface area (Å²) in [4.78, 5) is 3.71. The van der Waals surface area contributed by atoms with Crippen molar-refractivity contribution in [3.8, 4) is 0 Å². The first-order valence-corrected chi connectivity index (χ1v) is 8.58. The van der Waals surface area contributed by atoms with E-state index in [0.717, 1.165) is 18.9 Å². The third-order valence-electron chi connectivity index (χ3n) is 4.76. The lowest BCUT2D eigenvalue weighted by atomic mass is 9.78. The maximum atomic E-state index is 13.7. The average molecular weight is 298 g/mol. The minimum absolute atomic E-state index is 0.342. The predicted octanol–water partition coefficient (Wildman–Crippen LogP) is 2.57. The number of hydrogen-bond donors (Lipinski definition) is 0. The van der Waals surface area contributed by atoms with Crippen molar-refractivity contribution in [1.29, 1.82) is 0 Å². The van der Waals surface area contributed by atoms with Crippen LogP contribution in [0.25, 0.3) is 0 Å². The highest BCUT2D eigenvalue weighted by molar-refractivity contribution is 7.89. The zero-order valence-electron chi connectivity index (χ0n) is 11.4. The lowest BCUT2D eigenvalue weighted by Crippen LogP contribution is -2.42. The van der Waals surface area contributed by atoms with E-state index in [1.807, 2.05) is 0 Å². The Bertz CT molecular complexity index is 587. The van der Waals surface area contributed by atoms with Crippen LogP contribution in [0.1, 0.15) is 38.5 Å². The van der Waals surface area contributed by atoms with Gasteiger partial charge in [0.25, 0.3) is 10.0 Å². The van der Waals surface area contributed by atoms with E-state index in [4.69, 9.17) is 0 Å². The molecule has 6 heteroatoms. The van der Waals surface area contributed by atoms with Crippen LogP contribution in [0, 0.1) is 11.2 Å². The zero-order chi connectivity index (χ0) is 14.2. The summed E-state index contributed by atoms with van der Waals surface area (Å²) in [6, 6.07) is 2.54. The Morgan fingerprint density at radius 3 is 2.40 bits per heavy atom. The Balaban J connectivity index is 1.79. The molecule has 0 unspecified atom stereocenters.